The Hall–Kier alpha value is -1.38. The number of unbranched alkanes of at least 4 members (excludes halogenated alkanes) is 5. The predicted octanol–water partition coefficient (Wildman–Crippen LogP) is 4.16. The fourth-order valence-corrected chi connectivity index (χ4v) is 2.90. The van der Waals surface area contributed by atoms with Crippen LogP contribution in [0.5, 0.6) is 0 Å². The first kappa shape index (κ1) is 26.6. The van der Waals surface area contributed by atoms with Gasteiger partial charge in [0.1, 0.15) is 11.8 Å². The second-order valence-electron chi connectivity index (χ2n) is 7.78. The van der Waals surface area contributed by atoms with Gasteiger partial charge in [-0.25, -0.2) is 0 Å². The fourth-order valence-electron chi connectivity index (χ4n) is 2.90. The Morgan fingerprint density at radius 3 is 2.46 bits per heavy atom. The molecule has 0 radical (unpaired) electrons. The Morgan fingerprint density at radius 1 is 1.07 bits per heavy atom. The number of ketones is 1. The molecule has 0 saturated heterocycles. The second kappa shape index (κ2) is 16.6. The van der Waals surface area contributed by atoms with Gasteiger partial charge in [-0.1, -0.05) is 32.6 Å². The summed E-state index contributed by atoms with van der Waals surface area (Å²) in [5.74, 6) is 6.04. The first-order valence-corrected chi connectivity index (χ1v) is 10.9. The molecule has 0 aliphatic carbocycles. The molecule has 0 aliphatic heterocycles. The summed E-state index contributed by atoms with van der Waals surface area (Å²) in [7, 11) is 0. The van der Waals surface area contributed by atoms with Gasteiger partial charge in [0.2, 0.25) is 0 Å². The molecular weight excluding hydrogens is 354 g/mol. The summed E-state index contributed by atoms with van der Waals surface area (Å²) in [6, 6.07) is -0.472. The average molecular weight is 396 g/mol. The summed E-state index contributed by atoms with van der Waals surface area (Å²) in [4.78, 5) is 23.0. The van der Waals surface area contributed by atoms with Crippen LogP contribution in [0, 0.1) is 11.8 Å². The lowest BCUT2D eigenvalue weighted by Crippen LogP contribution is -2.40. The van der Waals surface area contributed by atoms with Gasteiger partial charge in [-0.15, -0.1) is 11.8 Å². The molecule has 162 valence electrons. The highest BCUT2D eigenvalue weighted by Gasteiger charge is 2.22. The zero-order valence-corrected chi connectivity index (χ0v) is 18.4. The molecule has 28 heavy (non-hydrogen) atoms. The maximum atomic E-state index is 12.1. The van der Waals surface area contributed by atoms with Crippen molar-refractivity contribution in [1.82, 2.24) is 5.32 Å². The van der Waals surface area contributed by atoms with Gasteiger partial charge in [-0.05, 0) is 53.0 Å². The van der Waals surface area contributed by atoms with E-state index < -0.39 is 11.6 Å². The Balaban J connectivity index is 4.31. The van der Waals surface area contributed by atoms with Crippen LogP contribution in [-0.4, -0.2) is 41.7 Å². The molecule has 0 heterocycles. The topological polar surface area (TPSA) is 75.6 Å². The van der Waals surface area contributed by atoms with E-state index in [1.54, 1.807) is 13.8 Å². The Kier molecular flexibility index (Phi) is 15.7. The van der Waals surface area contributed by atoms with Crippen LogP contribution in [0.15, 0.2) is 0 Å². The van der Waals surface area contributed by atoms with Crippen LogP contribution in [0.1, 0.15) is 98.3 Å². The van der Waals surface area contributed by atoms with E-state index in [0.717, 1.165) is 38.5 Å². The summed E-state index contributed by atoms with van der Waals surface area (Å²) in [6.45, 7) is 8.31. The van der Waals surface area contributed by atoms with Crippen molar-refractivity contribution in [2.75, 3.05) is 13.2 Å². The van der Waals surface area contributed by atoms with Gasteiger partial charge >= 0.3 is 5.97 Å². The van der Waals surface area contributed by atoms with Crippen molar-refractivity contribution in [2.24, 2.45) is 0 Å². The van der Waals surface area contributed by atoms with E-state index in [1.165, 1.54) is 12.8 Å². The quantitative estimate of drug-likeness (QED) is 0.233. The lowest BCUT2D eigenvalue weighted by Gasteiger charge is -2.24. The molecule has 5 heteroatoms. The van der Waals surface area contributed by atoms with E-state index in [-0.39, 0.29) is 11.8 Å². The van der Waals surface area contributed by atoms with E-state index in [2.05, 4.69) is 24.1 Å². The number of rotatable bonds is 16. The molecule has 5 nitrogen and oxygen atoms in total. The second-order valence-corrected chi connectivity index (χ2v) is 7.78. The van der Waals surface area contributed by atoms with Crippen LogP contribution in [0.25, 0.3) is 0 Å². The number of carbonyl (C=O) groups excluding carboxylic acids is 2. The zero-order valence-electron chi connectivity index (χ0n) is 18.4. The van der Waals surface area contributed by atoms with Crippen LogP contribution in [0.4, 0.5) is 0 Å². The molecule has 0 fully saturated rings. The standard InChI is InChI=1S/C23H41NO4/c1-5-7-8-14-17-23(4,27)18-19-24-21(22(26)28-6-2)16-13-11-9-10-12-15-20(3)25/h21,24,27H,5-10,12,14-19H2,1-4H3. The number of esters is 1. The molecule has 2 unspecified atom stereocenters. The van der Waals surface area contributed by atoms with Crippen molar-refractivity contribution in [2.45, 2.75) is 110 Å². The third kappa shape index (κ3) is 15.7. The first-order valence-electron chi connectivity index (χ1n) is 10.9. The van der Waals surface area contributed by atoms with E-state index in [0.29, 0.717) is 32.4 Å². The number of hydrogen-bond acceptors (Lipinski definition) is 5. The molecule has 0 bridgehead atoms. The average Bonchev–Trinajstić information content (AvgIpc) is 2.62. The summed E-state index contributed by atoms with van der Waals surface area (Å²) in [5.41, 5.74) is -0.720. The monoisotopic (exact) mass is 395 g/mol. The number of hydrogen-bond donors (Lipinski definition) is 2. The molecule has 0 saturated carbocycles. The Morgan fingerprint density at radius 2 is 1.82 bits per heavy atom. The Labute approximate surface area is 172 Å². The van der Waals surface area contributed by atoms with Crippen LogP contribution < -0.4 is 5.32 Å². The maximum absolute atomic E-state index is 12.1. The highest BCUT2D eigenvalue weighted by molar-refractivity contribution is 5.76. The highest BCUT2D eigenvalue weighted by Crippen LogP contribution is 2.18. The van der Waals surface area contributed by atoms with Gasteiger partial charge in [0.25, 0.3) is 0 Å². The highest BCUT2D eigenvalue weighted by atomic mass is 16.5. The number of nitrogens with one attached hydrogen (secondary N) is 1. The van der Waals surface area contributed by atoms with Crippen molar-refractivity contribution in [1.29, 1.82) is 0 Å². The fraction of sp³-hybridized carbons (Fsp3) is 0.826. The molecular formula is C23H41NO4. The van der Waals surface area contributed by atoms with E-state index >= 15 is 0 Å². The van der Waals surface area contributed by atoms with Crippen molar-refractivity contribution in [3.05, 3.63) is 0 Å². The lowest BCUT2D eigenvalue weighted by molar-refractivity contribution is -0.145. The molecule has 0 aliphatic rings. The van der Waals surface area contributed by atoms with Crippen LogP contribution in [0.3, 0.4) is 0 Å². The SMILES string of the molecule is CCCCCCC(C)(O)CCNC(CC#CCCCCC(C)=O)C(=O)OCC. The maximum Gasteiger partial charge on any atom is 0.324 e. The summed E-state index contributed by atoms with van der Waals surface area (Å²) in [5, 5.41) is 13.7. The zero-order chi connectivity index (χ0) is 21.3. The molecule has 0 rings (SSSR count). The van der Waals surface area contributed by atoms with Crippen molar-refractivity contribution < 1.29 is 19.4 Å². The van der Waals surface area contributed by atoms with Gasteiger partial charge in [0, 0.05) is 19.3 Å². The van der Waals surface area contributed by atoms with E-state index in [9.17, 15) is 14.7 Å². The molecule has 2 N–H and O–H groups in total. The third-order valence-electron chi connectivity index (χ3n) is 4.71. The summed E-state index contributed by atoms with van der Waals surface area (Å²) in [6.07, 6.45) is 9.40. The van der Waals surface area contributed by atoms with Crippen LogP contribution >= 0.6 is 0 Å². The normalized spacial score (nSPS) is 13.9. The molecule has 0 aromatic rings. The van der Waals surface area contributed by atoms with Crippen LogP contribution in [0.2, 0.25) is 0 Å². The molecule has 0 aromatic heterocycles. The summed E-state index contributed by atoms with van der Waals surface area (Å²) < 4.78 is 5.13. The molecule has 0 aromatic carbocycles. The predicted molar refractivity (Wildman–Crippen MR) is 114 cm³/mol. The first-order chi connectivity index (χ1) is 13.3. The Bertz CT molecular complexity index is 491. The number of aliphatic hydroxyl groups is 1. The molecule has 0 spiro atoms. The van der Waals surface area contributed by atoms with Gasteiger partial charge in [0.05, 0.1) is 12.2 Å². The minimum absolute atomic E-state index is 0.209. The number of ether oxygens (including phenoxy) is 1. The number of Topliss-reactive ketones (excluding diaryl/α,β-unsaturated/α-hetero) is 1. The van der Waals surface area contributed by atoms with Gasteiger partial charge < -0.3 is 20.0 Å². The van der Waals surface area contributed by atoms with Crippen molar-refractivity contribution in [3.63, 3.8) is 0 Å². The summed E-state index contributed by atoms with van der Waals surface area (Å²) >= 11 is 0. The van der Waals surface area contributed by atoms with Crippen molar-refractivity contribution >= 4 is 11.8 Å². The third-order valence-corrected chi connectivity index (χ3v) is 4.71. The minimum Gasteiger partial charge on any atom is -0.465 e. The van der Waals surface area contributed by atoms with Crippen LogP contribution in [-0.2, 0) is 14.3 Å². The lowest BCUT2D eigenvalue weighted by atomic mass is 9.94. The number of carbonyl (C=O) groups is 2. The molecule has 2 atom stereocenters. The van der Waals surface area contributed by atoms with Gasteiger partial charge in [0.15, 0.2) is 0 Å². The van der Waals surface area contributed by atoms with Crippen molar-refractivity contribution in [3.8, 4) is 11.8 Å². The van der Waals surface area contributed by atoms with Gasteiger partial charge in [-0.3, -0.25) is 4.79 Å². The minimum atomic E-state index is -0.720. The van der Waals surface area contributed by atoms with Gasteiger partial charge in [-0.2, -0.15) is 0 Å². The van der Waals surface area contributed by atoms with E-state index in [4.69, 9.17) is 4.74 Å². The van der Waals surface area contributed by atoms with E-state index in [1.807, 2.05) is 6.92 Å². The molecule has 0 amide bonds. The smallest absolute Gasteiger partial charge is 0.324 e. The largest absolute Gasteiger partial charge is 0.465 e.